The molecule has 0 spiro atoms. The third-order valence-electron chi connectivity index (χ3n) is 3.09. The van der Waals surface area contributed by atoms with E-state index in [9.17, 15) is 4.79 Å². The number of nitrogens with zero attached hydrogens (tertiary/aromatic N) is 2. The zero-order valence-electron chi connectivity index (χ0n) is 12.1. The van der Waals surface area contributed by atoms with E-state index in [1.54, 1.807) is 48.5 Å². The van der Waals surface area contributed by atoms with Gasteiger partial charge in [-0.05, 0) is 36.4 Å². The van der Waals surface area contributed by atoms with Crippen LogP contribution < -0.4 is 4.74 Å². The Hall–Kier alpha value is -2.66. The average Bonchev–Trinajstić information content (AvgIpc) is 3.04. The molecule has 1 aromatic heterocycles. The van der Waals surface area contributed by atoms with Gasteiger partial charge >= 0.3 is 5.97 Å². The molecule has 0 bridgehead atoms. The molecule has 5 nitrogen and oxygen atoms in total. The minimum absolute atomic E-state index is 0.164. The van der Waals surface area contributed by atoms with E-state index in [0.717, 1.165) is 5.56 Å². The van der Waals surface area contributed by atoms with E-state index in [1.807, 2.05) is 6.07 Å². The lowest BCUT2D eigenvalue weighted by Gasteiger charge is -2.01. The molecular weight excluding hydrogens is 316 g/mol. The van der Waals surface area contributed by atoms with Crippen LogP contribution in [0, 0.1) is 0 Å². The smallest absolute Gasteiger partial charge is 0.311 e. The fourth-order valence-corrected chi connectivity index (χ4v) is 2.08. The summed E-state index contributed by atoms with van der Waals surface area (Å²) in [6.45, 7) is 0. The van der Waals surface area contributed by atoms with Crippen molar-refractivity contribution < 1.29 is 14.1 Å². The Bertz CT molecular complexity index is 785. The molecule has 0 N–H and O–H groups in total. The van der Waals surface area contributed by atoms with Crippen LogP contribution in [0.2, 0.25) is 5.02 Å². The molecule has 0 fully saturated rings. The lowest BCUT2D eigenvalue weighted by molar-refractivity contribution is -0.134. The number of rotatable bonds is 5. The fourth-order valence-electron chi connectivity index (χ4n) is 1.95. The molecule has 0 saturated heterocycles. The molecule has 6 heteroatoms. The predicted molar refractivity (Wildman–Crippen MR) is 85.1 cm³/mol. The molecule has 1 heterocycles. The Morgan fingerprint density at radius 2 is 1.83 bits per heavy atom. The third-order valence-corrected chi connectivity index (χ3v) is 3.34. The normalized spacial score (nSPS) is 10.5. The second-order valence-corrected chi connectivity index (χ2v) is 5.24. The van der Waals surface area contributed by atoms with Gasteiger partial charge in [-0.2, -0.15) is 4.98 Å². The number of ether oxygens (including phenoxy) is 1. The van der Waals surface area contributed by atoms with Crippen LogP contribution in [0.4, 0.5) is 0 Å². The molecule has 0 radical (unpaired) electrons. The van der Waals surface area contributed by atoms with E-state index in [4.69, 9.17) is 20.9 Å². The highest BCUT2D eigenvalue weighted by Gasteiger charge is 2.12. The Morgan fingerprint density at radius 3 is 2.57 bits per heavy atom. The summed E-state index contributed by atoms with van der Waals surface area (Å²) in [6.07, 6.45) is 0.489. The quantitative estimate of drug-likeness (QED) is 0.524. The van der Waals surface area contributed by atoms with Gasteiger partial charge in [-0.15, -0.1) is 0 Å². The number of aryl methyl sites for hydroxylation is 1. The third kappa shape index (κ3) is 4.17. The van der Waals surface area contributed by atoms with Crippen molar-refractivity contribution in [2.24, 2.45) is 0 Å². The molecule has 0 atom stereocenters. The lowest BCUT2D eigenvalue weighted by atomic mass is 10.2. The minimum atomic E-state index is -0.345. The number of hydrogen-bond donors (Lipinski definition) is 0. The van der Waals surface area contributed by atoms with Crippen LogP contribution in [0.25, 0.3) is 11.4 Å². The highest BCUT2D eigenvalue weighted by molar-refractivity contribution is 6.30. The second-order valence-electron chi connectivity index (χ2n) is 4.81. The topological polar surface area (TPSA) is 65.2 Å². The van der Waals surface area contributed by atoms with Crippen LogP contribution in [0.5, 0.6) is 5.75 Å². The summed E-state index contributed by atoms with van der Waals surface area (Å²) in [5, 5.41) is 4.54. The molecule has 0 amide bonds. The molecule has 0 unspecified atom stereocenters. The van der Waals surface area contributed by atoms with Crippen molar-refractivity contribution >= 4 is 17.6 Å². The van der Waals surface area contributed by atoms with Gasteiger partial charge in [0.15, 0.2) is 0 Å². The molecule has 3 aromatic rings. The van der Waals surface area contributed by atoms with Gasteiger partial charge < -0.3 is 9.26 Å². The summed E-state index contributed by atoms with van der Waals surface area (Å²) in [7, 11) is 0. The SMILES string of the molecule is O=C(CCc1nc(-c2ccc(Cl)cc2)no1)Oc1ccccc1. The maximum absolute atomic E-state index is 11.8. The van der Waals surface area contributed by atoms with Gasteiger partial charge in [0.05, 0.1) is 6.42 Å². The monoisotopic (exact) mass is 328 g/mol. The molecule has 0 saturated carbocycles. The van der Waals surface area contributed by atoms with Crippen LogP contribution in [0.15, 0.2) is 59.1 Å². The van der Waals surface area contributed by atoms with Crippen LogP contribution >= 0.6 is 11.6 Å². The van der Waals surface area contributed by atoms with E-state index in [-0.39, 0.29) is 12.4 Å². The van der Waals surface area contributed by atoms with Gasteiger partial charge in [-0.3, -0.25) is 4.79 Å². The van der Waals surface area contributed by atoms with Gasteiger partial charge in [0, 0.05) is 17.0 Å². The summed E-state index contributed by atoms with van der Waals surface area (Å²) in [6, 6.07) is 16.0. The first kappa shape index (κ1) is 15.2. The Labute approximate surface area is 137 Å². The van der Waals surface area contributed by atoms with E-state index >= 15 is 0 Å². The zero-order valence-corrected chi connectivity index (χ0v) is 12.9. The largest absolute Gasteiger partial charge is 0.427 e. The highest BCUT2D eigenvalue weighted by atomic mass is 35.5. The van der Waals surface area contributed by atoms with Crippen LogP contribution in [0.3, 0.4) is 0 Å². The first-order valence-electron chi connectivity index (χ1n) is 7.05. The number of hydrogen-bond acceptors (Lipinski definition) is 5. The van der Waals surface area contributed by atoms with Gasteiger partial charge in [0.25, 0.3) is 0 Å². The summed E-state index contributed by atoms with van der Waals surface area (Å²) >= 11 is 5.84. The van der Waals surface area contributed by atoms with Crippen molar-refractivity contribution in [3.8, 4) is 17.1 Å². The van der Waals surface area contributed by atoms with Crippen molar-refractivity contribution in [1.82, 2.24) is 10.1 Å². The fraction of sp³-hybridized carbons (Fsp3) is 0.118. The van der Waals surface area contributed by atoms with Gasteiger partial charge in [-0.1, -0.05) is 35.0 Å². The summed E-state index contributed by atoms with van der Waals surface area (Å²) < 4.78 is 10.3. The molecule has 3 rings (SSSR count). The Balaban J connectivity index is 1.57. The van der Waals surface area contributed by atoms with Gasteiger partial charge in [-0.25, -0.2) is 0 Å². The minimum Gasteiger partial charge on any atom is -0.427 e. The van der Waals surface area contributed by atoms with Crippen molar-refractivity contribution in [3.63, 3.8) is 0 Å². The van der Waals surface area contributed by atoms with Crippen LogP contribution in [0.1, 0.15) is 12.3 Å². The first-order chi connectivity index (χ1) is 11.2. The lowest BCUT2D eigenvalue weighted by Crippen LogP contribution is -2.09. The van der Waals surface area contributed by atoms with E-state index < -0.39 is 0 Å². The molecular formula is C17H13ClN2O3. The second kappa shape index (κ2) is 7.07. The van der Waals surface area contributed by atoms with Crippen LogP contribution in [-0.2, 0) is 11.2 Å². The van der Waals surface area contributed by atoms with Crippen molar-refractivity contribution in [3.05, 3.63) is 65.5 Å². The van der Waals surface area contributed by atoms with E-state index in [2.05, 4.69) is 10.1 Å². The molecule has 2 aromatic carbocycles. The summed E-state index contributed by atoms with van der Waals surface area (Å²) in [5.74, 6) is 1.03. The Morgan fingerprint density at radius 1 is 1.09 bits per heavy atom. The average molecular weight is 329 g/mol. The predicted octanol–water partition coefficient (Wildman–Crippen LogP) is 3.93. The summed E-state index contributed by atoms with van der Waals surface area (Å²) in [4.78, 5) is 16.0. The first-order valence-corrected chi connectivity index (χ1v) is 7.43. The van der Waals surface area contributed by atoms with E-state index in [1.165, 1.54) is 0 Å². The van der Waals surface area contributed by atoms with E-state index in [0.29, 0.717) is 28.9 Å². The number of aromatic nitrogens is 2. The van der Waals surface area contributed by atoms with Gasteiger partial charge in [0.1, 0.15) is 5.75 Å². The molecule has 0 aliphatic carbocycles. The number of para-hydroxylation sites is 1. The number of halogens is 1. The van der Waals surface area contributed by atoms with Crippen LogP contribution in [-0.4, -0.2) is 16.1 Å². The summed E-state index contributed by atoms with van der Waals surface area (Å²) in [5.41, 5.74) is 0.802. The highest BCUT2D eigenvalue weighted by Crippen LogP contribution is 2.19. The Kier molecular flexibility index (Phi) is 4.68. The number of carbonyl (C=O) groups excluding carboxylic acids is 1. The maximum atomic E-state index is 11.8. The number of carbonyl (C=O) groups is 1. The van der Waals surface area contributed by atoms with Crippen molar-refractivity contribution in [1.29, 1.82) is 0 Å². The maximum Gasteiger partial charge on any atom is 0.311 e. The molecule has 23 heavy (non-hydrogen) atoms. The molecule has 0 aliphatic heterocycles. The van der Waals surface area contributed by atoms with Crippen molar-refractivity contribution in [2.45, 2.75) is 12.8 Å². The molecule has 116 valence electrons. The zero-order chi connectivity index (χ0) is 16.1. The van der Waals surface area contributed by atoms with Crippen molar-refractivity contribution in [2.75, 3.05) is 0 Å². The molecule has 0 aliphatic rings. The number of benzene rings is 2. The number of esters is 1. The standard InChI is InChI=1S/C17H13ClN2O3/c18-13-8-6-12(7-9-13)17-19-15(23-20-17)10-11-16(21)22-14-4-2-1-3-5-14/h1-9H,10-11H2. The van der Waals surface area contributed by atoms with Gasteiger partial charge in [0.2, 0.25) is 11.7 Å².